The Morgan fingerprint density at radius 1 is 0.404 bits per heavy atom. The predicted molar refractivity (Wildman–Crippen MR) is 219 cm³/mol. The maximum Gasteiger partial charge on any atom is 0.320 e. The van der Waals surface area contributed by atoms with Gasteiger partial charge in [-0.3, -0.25) is 19.4 Å². The fraction of sp³-hybridized carbons (Fsp3) is 0.696. The van der Waals surface area contributed by atoms with Gasteiger partial charge in [0.25, 0.3) is 0 Å². The van der Waals surface area contributed by atoms with E-state index in [1.165, 1.54) is 103 Å². The molecule has 2 aromatic rings. The zero-order valence-electron chi connectivity index (χ0n) is 33.9. The van der Waals surface area contributed by atoms with Crippen molar-refractivity contribution in [2.45, 2.75) is 169 Å². The lowest BCUT2D eigenvalue weighted by Crippen LogP contribution is -2.32. The number of carbonyl (C=O) groups excluding carboxylic acids is 2. The van der Waals surface area contributed by atoms with Crippen molar-refractivity contribution in [1.82, 2.24) is 9.80 Å². The molecule has 0 atom stereocenters. The van der Waals surface area contributed by atoms with Crippen LogP contribution in [0.1, 0.15) is 167 Å². The minimum atomic E-state index is -0.140. The van der Waals surface area contributed by atoms with Gasteiger partial charge in [-0.25, -0.2) is 0 Å². The van der Waals surface area contributed by atoms with E-state index in [4.69, 9.17) is 9.47 Å². The number of carbonyl (C=O) groups is 2. The molecule has 2 rings (SSSR count). The summed E-state index contributed by atoms with van der Waals surface area (Å²) in [6, 6.07) is 16.5. The van der Waals surface area contributed by atoms with Gasteiger partial charge in [0, 0.05) is 0 Å². The van der Waals surface area contributed by atoms with Crippen LogP contribution in [0.3, 0.4) is 0 Å². The van der Waals surface area contributed by atoms with Gasteiger partial charge in [0.05, 0.1) is 13.1 Å². The van der Waals surface area contributed by atoms with Crippen molar-refractivity contribution in [3.63, 3.8) is 0 Å². The molecule has 0 amide bonds. The number of unbranched alkanes of at least 4 members (excludes halogenated alkanes) is 16. The third-order valence-electron chi connectivity index (χ3n) is 10.1. The molecule has 0 N–H and O–H groups in total. The maximum atomic E-state index is 12.8. The summed E-state index contributed by atoms with van der Waals surface area (Å²) in [7, 11) is 0. The summed E-state index contributed by atoms with van der Waals surface area (Å²) in [6.45, 7) is 14.2. The first kappa shape index (κ1) is 45.5. The summed E-state index contributed by atoms with van der Waals surface area (Å²) in [6.07, 6.45) is 24.8. The maximum absolute atomic E-state index is 12.8. The number of hydrogen-bond donors (Lipinski definition) is 0. The number of hydrogen-bond acceptors (Lipinski definition) is 6. The monoisotopic (exact) mass is 721 g/mol. The molecule has 6 heteroatoms. The van der Waals surface area contributed by atoms with Gasteiger partial charge in [-0.2, -0.15) is 0 Å². The van der Waals surface area contributed by atoms with Crippen molar-refractivity contribution in [3.05, 3.63) is 59.7 Å². The highest BCUT2D eigenvalue weighted by molar-refractivity contribution is 5.72. The van der Waals surface area contributed by atoms with Gasteiger partial charge >= 0.3 is 11.9 Å². The van der Waals surface area contributed by atoms with Crippen LogP contribution in [-0.2, 0) is 32.3 Å². The van der Waals surface area contributed by atoms with Crippen LogP contribution < -0.4 is 0 Å². The molecule has 0 aromatic heterocycles. The largest absolute Gasteiger partial charge is 0.460 e. The molecule has 0 aliphatic carbocycles. The second-order valence-electron chi connectivity index (χ2n) is 14.9. The fourth-order valence-corrected chi connectivity index (χ4v) is 6.67. The van der Waals surface area contributed by atoms with E-state index in [0.29, 0.717) is 26.3 Å². The first-order valence-electron chi connectivity index (χ1n) is 21.4. The van der Waals surface area contributed by atoms with Gasteiger partial charge in [0.15, 0.2) is 0 Å². The third kappa shape index (κ3) is 22.4. The van der Waals surface area contributed by atoms with E-state index in [9.17, 15) is 9.59 Å². The van der Waals surface area contributed by atoms with Crippen LogP contribution in [0.15, 0.2) is 48.5 Å². The highest BCUT2D eigenvalue weighted by Crippen LogP contribution is 2.21. The standard InChI is InChI=1S/C46H76N2O4/c1-5-9-13-17-19-23-35-47(33-21-15-11-7-3)37-45(49)51-39-41-25-29-43(30-26-41)44-31-27-42(28-32-44)40-52-46(50)38-48(34-22-16-12-8-4)36-24-20-18-14-10-6-2/h25-32H,5-24,33-40H2,1-4H3. The van der Waals surface area contributed by atoms with Crippen LogP contribution in [0.2, 0.25) is 0 Å². The predicted octanol–water partition coefficient (Wildman–Crippen LogP) is 11.9. The molecule has 0 spiro atoms. The van der Waals surface area contributed by atoms with Crippen LogP contribution in [0.5, 0.6) is 0 Å². The Labute approximate surface area is 319 Å². The Kier molecular flexibility index (Phi) is 26.9. The van der Waals surface area contributed by atoms with Crippen molar-refractivity contribution in [1.29, 1.82) is 0 Å². The molecule has 0 aliphatic rings. The fourth-order valence-electron chi connectivity index (χ4n) is 6.67. The van der Waals surface area contributed by atoms with E-state index in [2.05, 4.69) is 61.8 Å². The highest BCUT2D eigenvalue weighted by Gasteiger charge is 2.14. The Hall–Kier alpha value is -2.70. The van der Waals surface area contributed by atoms with E-state index in [-0.39, 0.29) is 11.9 Å². The molecule has 0 saturated carbocycles. The lowest BCUT2D eigenvalue weighted by atomic mass is 10.0. The molecule has 0 aliphatic heterocycles. The lowest BCUT2D eigenvalue weighted by Gasteiger charge is -2.21. The Bertz CT molecular complexity index is 1060. The van der Waals surface area contributed by atoms with E-state index < -0.39 is 0 Å². The molecule has 0 unspecified atom stereocenters. The second kappa shape index (κ2) is 30.7. The molecular formula is C46H76N2O4. The minimum Gasteiger partial charge on any atom is -0.460 e. The van der Waals surface area contributed by atoms with Gasteiger partial charge < -0.3 is 9.47 Å². The van der Waals surface area contributed by atoms with E-state index in [0.717, 1.165) is 74.1 Å². The van der Waals surface area contributed by atoms with Crippen LogP contribution in [0, 0.1) is 0 Å². The first-order valence-corrected chi connectivity index (χ1v) is 21.4. The van der Waals surface area contributed by atoms with Gasteiger partial charge in [-0.15, -0.1) is 0 Å². The number of rotatable bonds is 33. The summed E-state index contributed by atoms with van der Waals surface area (Å²) in [5, 5.41) is 0. The summed E-state index contributed by atoms with van der Waals surface area (Å²) < 4.78 is 11.4. The summed E-state index contributed by atoms with van der Waals surface area (Å²) >= 11 is 0. The zero-order valence-corrected chi connectivity index (χ0v) is 33.9. The van der Waals surface area contributed by atoms with Crippen molar-refractivity contribution < 1.29 is 19.1 Å². The number of nitrogens with zero attached hydrogens (tertiary/aromatic N) is 2. The number of ether oxygens (including phenoxy) is 2. The average molecular weight is 721 g/mol. The van der Waals surface area contributed by atoms with E-state index in [1.54, 1.807) is 0 Å². The molecule has 294 valence electrons. The first-order chi connectivity index (χ1) is 25.5. The molecule has 0 heterocycles. The molecule has 0 radical (unpaired) electrons. The van der Waals surface area contributed by atoms with Crippen molar-refractivity contribution in [2.24, 2.45) is 0 Å². The van der Waals surface area contributed by atoms with Crippen LogP contribution in [0.4, 0.5) is 0 Å². The van der Waals surface area contributed by atoms with E-state index >= 15 is 0 Å². The van der Waals surface area contributed by atoms with Crippen LogP contribution >= 0.6 is 0 Å². The average Bonchev–Trinajstić information content (AvgIpc) is 3.16. The highest BCUT2D eigenvalue weighted by atomic mass is 16.5. The molecule has 2 aromatic carbocycles. The Balaban J connectivity index is 1.79. The Morgan fingerprint density at radius 3 is 0.981 bits per heavy atom. The number of esters is 2. The zero-order chi connectivity index (χ0) is 37.5. The van der Waals surface area contributed by atoms with Gasteiger partial charge in [0.1, 0.15) is 13.2 Å². The quantitative estimate of drug-likeness (QED) is 0.0540. The molecule has 0 saturated heterocycles. The van der Waals surface area contributed by atoms with Crippen molar-refractivity contribution >= 4 is 11.9 Å². The summed E-state index contributed by atoms with van der Waals surface area (Å²) in [5.74, 6) is -0.279. The number of benzene rings is 2. The topological polar surface area (TPSA) is 59.1 Å². The van der Waals surface area contributed by atoms with Gasteiger partial charge in [-0.05, 0) is 74.1 Å². The smallest absolute Gasteiger partial charge is 0.320 e. The normalized spacial score (nSPS) is 11.4. The van der Waals surface area contributed by atoms with Crippen molar-refractivity contribution in [3.8, 4) is 11.1 Å². The molecular weight excluding hydrogens is 645 g/mol. The van der Waals surface area contributed by atoms with Crippen LogP contribution in [-0.4, -0.2) is 61.0 Å². The molecule has 0 bridgehead atoms. The SMILES string of the molecule is CCCCCCCCN(CCCCCC)CC(=O)OCc1ccc(-c2ccc(COC(=O)CN(CCCCCC)CCCCCCCC)cc2)cc1. The summed E-state index contributed by atoms with van der Waals surface area (Å²) in [5.41, 5.74) is 4.18. The molecule has 52 heavy (non-hydrogen) atoms. The molecule has 0 fully saturated rings. The second-order valence-corrected chi connectivity index (χ2v) is 14.9. The minimum absolute atomic E-state index is 0.140. The molecule has 6 nitrogen and oxygen atoms in total. The van der Waals surface area contributed by atoms with Gasteiger partial charge in [0.2, 0.25) is 0 Å². The van der Waals surface area contributed by atoms with Crippen molar-refractivity contribution in [2.75, 3.05) is 39.3 Å². The lowest BCUT2D eigenvalue weighted by molar-refractivity contribution is -0.147. The van der Waals surface area contributed by atoms with Gasteiger partial charge in [-0.1, -0.05) is 179 Å². The Morgan fingerprint density at radius 2 is 0.673 bits per heavy atom. The van der Waals surface area contributed by atoms with E-state index in [1.807, 2.05) is 24.3 Å². The third-order valence-corrected chi connectivity index (χ3v) is 10.1. The summed E-state index contributed by atoms with van der Waals surface area (Å²) in [4.78, 5) is 30.2. The van der Waals surface area contributed by atoms with Crippen LogP contribution in [0.25, 0.3) is 11.1 Å².